The van der Waals surface area contributed by atoms with E-state index in [1.165, 1.54) is 12.1 Å². The molecule has 1 amide bonds. The molecule has 2 aromatic carbocycles. The van der Waals surface area contributed by atoms with Gasteiger partial charge in [-0.15, -0.1) is 0 Å². The minimum absolute atomic E-state index is 0.0243. The van der Waals surface area contributed by atoms with Crippen molar-refractivity contribution in [2.45, 2.75) is 62.7 Å². The van der Waals surface area contributed by atoms with Gasteiger partial charge < -0.3 is 20.5 Å². The highest BCUT2D eigenvalue weighted by Gasteiger charge is 2.45. The Morgan fingerprint density at radius 1 is 1.15 bits per heavy atom. The molecule has 0 saturated carbocycles. The molecule has 3 N–H and O–H groups in total. The molecule has 2 fully saturated rings. The Morgan fingerprint density at radius 3 is 2.67 bits per heavy atom. The number of carbonyl (C=O) groups excluding carboxylic acids is 3. The molecule has 11 heteroatoms. The van der Waals surface area contributed by atoms with E-state index in [4.69, 9.17) is 33.7 Å². The summed E-state index contributed by atoms with van der Waals surface area (Å²) in [5.74, 6) is -0.778. The Hall–Kier alpha value is -2.56. The van der Waals surface area contributed by atoms with Crippen LogP contribution in [-0.2, 0) is 20.8 Å². The van der Waals surface area contributed by atoms with Gasteiger partial charge in [-0.25, -0.2) is 4.39 Å². The lowest BCUT2D eigenvalue weighted by atomic mass is 9.96. The Balaban J connectivity index is 1.52. The van der Waals surface area contributed by atoms with Crippen LogP contribution >= 0.6 is 23.2 Å². The van der Waals surface area contributed by atoms with Crippen LogP contribution in [0.25, 0.3) is 0 Å². The lowest BCUT2D eigenvalue weighted by Crippen LogP contribution is -2.51. The number of hydrogen-bond donors (Lipinski definition) is 2. The lowest BCUT2D eigenvalue weighted by Gasteiger charge is -2.32. The SMILES string of the molecule is N[C@@H]1C[C@H]2C(=O)N([C@H](CCC(=O)CO)C(=O)CCc3ccc(Cl)c(Cl)c3)CCC(COc3cccc(F)c3)N2C1. The number of ether oxygens (including phenoxy) is 1. The lowest BCUT2D eigenvalue weighted by molar-refractivity contribution is -0.142. The summed E-state index contributed by atoms with van der Waals surface area (Å²) in [6.07, 6.45) is 1.57. The van der Waals surface area contributed by atoms with Gasteiger partial charge in [0.2, 0.25) is 5.91 Å². The van der Waals surface area contributed by atoms with Crippen molar-refractivity contribution in [2.75, 3.05) is 26.3 Å². The smallest absolute Gasteiger partial charge is 0.240 e. The molecule has 0 aliphatic carbocycles. The first-order valence-corrected chi connectivity index (χ1v) is 14.2. The summed E-state index contributed by atoms with van der Waals surface area (Å²) < 4.78 is 19.5. The molecule has 2 aliphatic heterocycles. The number of aryl methyl sites for hydroxylation is 1. The van der Waals surface area contributed by atoms with Crippen LogP contribution < -0.4 is 10.5 Å². The molecule has 0 bridgehead atoms. The maximum absolute atomic E-state index is 13.9. The van der Waals surface area contributed by atoms with E-state index in [1.807, 2.05) is 4.90 Å². The molecule has 8 nitrogen and oxygen atoms in total. The van der Waals surface area contributed by atoms with Gasteiger partial charge >= 0.3 is 0 Å². The minimum atomic E-state index is -0.827. The number of carbonyl (C=O) groups is 3. The zero-order valence-electron chi connectivity index (χ0n) is 22.1. The maximum Gasteiger partial charge on any atom is 0.240 e. The standard InChI is InChI=1S/C29H34Cl2FN3O5/c30-24-7-4-18(12-25(24)31)5-9-28(38)26(8-6-22(37)16-36)34-11-10-21(17-40-23-3-1-2-19(32)13-23)35-15-20(33)14-27(35)29(34)39/h1-4,7,12-13,20-21,26-27,36H,5-6,8-11,14-17,33H2/t20-,21?,26-,27+/m1/s1. The first-order valence-electron chi connectivity index (χ1n) is 13.5. The van der Waals surface area contributed by atoms with Crippen molar-refractivity contribution >= 4 is 40.7 Å². The Bertz CT molecular complexity index is 1230. The van der Waals surface area contributed by atoms with Crippen LogP contribution in [0.15, 0.2) is 42.5 Å². The molecule has 2 heterocycles. The van der Waals surface area contributed by atoms with Crippen molar-refractivity contribution in [2.24, 2.45) is 5.73 Å². The van der Waals surface area contributed by atoms with Crippen LogP contribution in [0.3, 0.4) is 0 Å². The van der Waals surface area contributed by atoms with E-state index >= 15 is 0 Å². The predicted molar refractivity (Wildman–Crippen MR) is 150 cm³/mol. The van der Waals surface area contributed by atoms with Gasteiger partial charge in [0.15, 0.2) is 11.6 Å². The molecule has 0 radical (unpaired) electrons. The number of Topliss-reactive ketones (excluding diaryl/α,β-unsaturated/α-hetero) is 2. The number of rotatable bonds is 12. The first kappa shape index (κ1) is 30.4. The van der Waals surface area contributed by atoms with E-state index in [-0.39, 0.29) is 56.2 Å². The number of ketones is 2. The topological polar surface area (TPSA) is 113 Å². The molecule has 2 aliphatic rings. The second-order valence-corrected chi connectivity index (χ2v) is 11.2. The zero-order valence-corrected chi connectivity index (χ0v) is 23.6. The third-order valence-corrected chi connectivity index (χ3v) is 8.35. The molecule has 2 aromatic rings. The van der Waals surface area contributed by atoms with Gasteiger partial charge in [-0.2, -0.15) is 0 Å². The number of nitrogens with two attached hydrogens (primary N) is 1. The van der Waals surface area contributed by atoms with Crippen molar-refractivity contribution < 1.29 is 28.6 Å². The fourth-order valence-corrected chi connectivity index (χ4v) is 5.85. The van der Waals surface area contributed by atoms with Crippen molar-refractivity contribution in [1.29, 1.82) is 0 Å². The number of fused-ring (bicyclic) bond motifs is 1. The monoisotopic (exact) mass is 593 g/mol. The second kappa shape index (κ2) is 13.9. The predicted octanol–water partition coefficient (Wildman–Crippen LogP) is 3.43. The number of benzene rings is 2. The number of aliphatic hydroxyl groups is 1. The Labute approximate surface area is 243 Å². The largest absolute Gasteiger partial charge is 0.492 e. The third kappa shape index (κ3) is 7.59. The van der Waals surface area contributed by atoms with Crippen LogP contribution in [0.5, 0.6) is 5.75 Å². The van der Waals surface area contributed by atoms with Crippen molar-refractivity contribution in [3.63, 3.8) is 0 Å². The summed E-state index contributed by atoms with van der Waals surface area (Å²) in [6.45, 7) is 0.394. The summed E-state index contributed by atoms with van der Waals surface area (Å²) in [5.41, 5.74) is 7.10. The molecule has 1 unspecified atom stereocenters. The summed E-state index contributed by atoms with van der Waals surface area (Å²) in [5, 5.41) is 10.1. The highest BCUT2D eigenvalue weighted by Crippen LogP contribution is 2.30. The van der Waals surface area contributed by atoms with Crippen LogP contribution in [-0.4, -0.2) is 82.9 Å². The molecule has 216 valence electrons. The van der Waals surface area contributed by atoms with Gasteiger partial charge in [-0.05, 0) is 55.5 Å². The maximum atomic E-state index is 13.9. The van der Waals surface area contributed by atoms with Crippen LogP contribution in [0.2, 0.25) is 10.0 Å². The summed E-state index contributed by atoms with van der Waals surface area (Å²) in [6, 6.07) is 9.31. The van der Waals surface area contributed by atoms with Crippen molar-refractivity contribution in [3.05, 3.63) is 63.9 Å². The molecule has 0 aromatic heterocycles. The zero-order chi connectivity index (χ0) is 28.8. The Kier molecular flexibility index (Phi) is 10.5. The van der Waals surface area contributed by atoms with E-state index in [0.29, 0.717) is 41.6 Å². The van der Waals surface area contributed by atoms with Crippen LogP contribution in [0, 0.1) is 5.82 Å². The van der Waals surface area contributed by atoms with Crippen molar-refractivity contribution in [3.8, 4) is 5.75 Å². The highest BCUT2D eigenvalue weighted by atomic mass is 35.5. The van der Waals surface area contributed by atoms with E-state index < -0.39 is 30.3 Å². The van der Waals surface area contributed by atoms with Gasteiger partial charge in [0.1, 0.15) is 24.8 Å². The fourth-order valence-electron chi connectivity index (χ4n) is 5.53. The molecular weight excluding hydrogens is 560 g/mol. The van der Waals surface area contributed by atoms with Gasteiger partial charge in [0, 0.05) is 44.1 Å². The number of amides is 1. The first-order chi connectivity index (χ1) is 19.2. The molecule has 4 rings (SSSR count). The normalized spacial score (nSPS) is 22.1. The second-order valence-electron chi connectivity index (χ2n) is 10.4. The fraction of sp³-hybridized carbons (Fsp3) is 0.483. The van der Waals surface area contributed by atoms with Gasteiger partial charge in [0.05, 0.1) is 22.1 Å². The third-order valence-electron chi connectivity index (χ3n) is 7.62. The summed E-state index contributed by atoms with van der Waals surface area (Å²) >= 11 is 12.1. The van der Waals surface area contributed by atoms with Crippen LogP contribution in [0.1, 0.15) is 37.7 Å². The molecule has 0 spiro atoms. The quantitative estimate of drug-likeness (QED) is 0.387. The summed E-state index contributed by atoms with van der Waals surface area (Å²) in [7, 11) is 0. The van der Waals surface area contributed by atoms with Gasteiger partial charge in [-0.1, -0.05) is 35.3 Å². The van der Waals surface area contributed by atoms with Crippen molar-refractivity contribution in [1.82, 2.24) is 9.80 Å². The molecule has 2 saturated heterocycles. The van der Waals surface area contributed by atoms with Gasteiger partial charge in [0.25, 0.3) is 0 Å². The highest BCUT2D eigenvalue weighted by molar-refractivity contribution is 6.42. The summed E-state index contributed by atoms with van der Waals surface area (Å²) in [4.78, 5) is 43.0. The average molecular weight is 595 g/mol. The Morgan fingerprint density at radius 2 is 1.95 bits per heavy atom. The van der Waals surface area contributed by atoms with Gasteiger partial charge in [-0.3, -0.25) is 19.3 Å². The number of hydrogen-bond acceptors (Lipinski definition) is 7. The van der Waals surface area contributed by atoms with E-state index in [1.54, 1.807) is 35.2 Å². The van der Waals surface area contributed by atoms with E-state index in [0.717, 1.165) is 5.56 Å². The van der Waals surface area contributed by atoms with Crippen LogP contribution in [0.4, 0.5) is 4.39 Å². The van der Waals surface area contributed by atoms with E-state index in [2.05, 4.69) is 0 Å². The average Bonchev–Trinajstić information content (AvgIpc) is 3.28. The number of nitrogens with zero attached hydrogens (tertiary/aromatic N) is 2. The minimum Gasteiger partial charge on any atom is -0.492 e. The molecular formula is C29H34Cl2FN3O5. The van der Waals surface area contributed by atoms with E-state index in [9.17, 15) is 23.9 Å². The number of halogens is 3. The number of aliphatic hydroxyl groups excluding tert-OH is 1. The molecule has 40 heavy (non-hydrogen) atoms. The molecule has 4 atom stereocenters.